The fourth-order valence-electron chi connectivity index (χ4n) is 3.42. The van der Waals surface area contributed by atoms with E-state index in [9.17, 15) is 4.79 Å². The summed E-state index contributed by atoms with van der Waals surface area (Å²) in [5.41, 5.74) is 1.39. The minimum atomic E-state index is 0.167. The highest BCUT2D eigenvalue weighted by atomic mass is 16.2. The molecule has 0 heterocycles. The SMILES string of the molecule is O=C(CNC1CC1c1ccccc1)NC1CCCCCC1. The van der Waals surface area contributed by atoms with Gasteiger partial charge in [0.05, 0.1) is 6.54 Å². The molecule has 2 fully saturated rings. The van der Waals surface area contributed by atoms with Gasteiger partial charge in [0, 0.05) is 18.0 Å². The maximum atomic E-state index is 12.0. The second-order valence-electron chi connectivity index (χ2n) is 6.50. The van der Waals surface area contributed by atoms with Crippen molar-refractivity contribution in [2.45, 2.75) is 62.9 Å². The Balaban J connectivity index is 1.37. The average molecular weight is 286 g/mol. The third kappa shape index (κ3) is 4.31. The summed E-state index contributed by atoms with van der Waals surface area (Å²) < 4.78 is 0. The molecule has 2 saturated carbocycles. The van der Waals surface area contributed by atoms with Gasteiger partial charge in [-0.1, -0.05) is 56.0 Å². The number of rotatable bonds is 5. The van der Waals surface area contributed by atoms with Crippen LogP contribution in [-0.4, -0.2) is 24.5 Å². The Kier molecular flexibility index (Phi) is 4.91. The van der Waals surface area contributed by atoms with E-state index in [0.717, 1.165) is 19.3 Å². The van der Waals surface area contributed by atoms with Gasteiger partial charge >= 0.3 is 0 Å². The summed E-state index contributed by atoms with van der Waals surface area (Å²) in [4.78, 5) is 12.0. The molecule has 21 heavy (non-hydrogen) atoms. The van der Waals surface area contributed by atoms with E-state index >= 15 is 0 Å². The Morgan fingerprint density at radius 3 is 2.48 bits per heavy atom. The molecule has 0 saturated heterocycles. The smallest absolute Gasteiger partial charge is 0.234 e. The third-order valence-electron chi connectivity index (χ3n) is 4.76. The van der Waals surface area contributed by atoms with Crippen LogP contribution in [0.1, 0.15) is 56.4 Å². The van der Waals surface area contributed by atoms with E-state index in [1.807, 2.05) is 0 Å². The van der Waals surface area contributed by atoms with Crippen molar-refractivity contribution in [3.8, 4) is 0 Å². The van der Waals surface area contributed by atoms with E-state index in [4.69, 9.17) is 0 Å². The topological polar surface area (TPSA) is 41.1 Å². The monoisotopic (exact) mass is 286 g/mol. The Hall–Kier alpha value is -1.35. The Labute approximate surface area is 127 Å². The van der Waals surface area contributed by atoms with Crippen molar-refractivity contribution in [2.75, 3.05) is 6.54 Å². The van der Waals surface area contributed by atoms with Crippen LogP contribution >= 0.6 is 0 Å². The van der Waals surface area contributed by atoms with Crippen molar-refractivity contribution in [3.63, 3.8) is 0 Å². The molecule has 1 aromatic carbocycles. The molecule has 3 nitrogen and oxygen atoms in total. The molecule has 3 rings (SSSR count). The van der Waals surface area contributed by atoms with E-state index in [-0.39, 0.29) is 5.91 Å². The molecule has 2 aliphatic carbocycles. The molecule has 3 heteroatoms. The van der Waals surface area contributed by atoms with Crippen LogP contribution in [0.4, 0.5) is 0 Å². The molecule has 0 spiro atoms. The molecule has 2 unspecified atom stereocenters. The third-order valence-corrected chi connectivity index (χ3v) is 4.76. The molecule has 2 N–H and O–H groups in total. The lowest BCUT2D eigenvalue weighted by Crippen LogP contribution is -2.40. The maximum absolute atomic E-state index is 12.0. The highest BCUT2D eigenvalue weighted by molar-refractivity contribution is 5.78. The summed E-state index contributed by atoms with van der Waals surface area (Å²) in [6.45, 7) is 0.463. The van der Waals surface area contributed by atoms with Gasteiger partial charge in [-0.3, -0.25) is 4.79 Å². The van der Waals surface area contributed by atoms with Crippen molar-refractivity contribution in [2.24, 2.45) is 0 Å². The lowest BCUT2D eigenvalue weighted by Gasteiger charge is -2.16. The fraction of sp³-hybridized carbons (Fsp3) is 0.611. The van der Waals surface area contributed by atoms with Gasteiger partial charge in [0.15, 0.2) is 0 Å². The molecular formula is C18H26N2O. The normalized spacial score (nSPS) is 26.1. The minimum Gasteiger partial charge on any atom is -0.352 e. The molecule has 0 aliphatic heterocycles. The van der Waals surface area contributed by atoms with Crippen molar-refractivity contribution in [1.29, 1.82) is 0 Å². The predicted octanol–water partition coefficient (Wildman–Crippen LogP) is 2.97. The first-order valence-corrected chi connectivity index (χ1v) is 8.40. The average Bonchev–Trinajstić information content (AvgIpc) is 3.30. The highest BCUT2D eigenvalue weighted by Crippen LogP contribution is 2.40. The number of nitrogens with one attached hydrogen (secondary N) is 2. The second-order valence-corrected chi connectivity index (χ2v) is 6.50. The van der Waals surface area contributed by atoms with Gasteiger partial charge in [0.1, 0.15) is 0 Å². The van der Waals surface area contributed by atoms with E-state index in [0.29, 0.717) is 24.5 Å². The number of carbonyl (C=O) groups is 1. The van der Waals surface area contributed by atoms with Crippen LogP contribution in [0, 0.1) is 0 Å². The van der Waals surface area contributed by atoms with Gasteiger partial charge in [-0.15, -0.1) is 0 Å². The zero-order valence-electron chi connectivity index (χ0n) is 12.7. The van der Waals surface area contributed by atoms with Crippen molar-refractivity contribution >= 4 is 5.91 Å². The summed E-state index contributed by atoms with van der Waals surface area (Å²) in [7, 11) is 0. The molecule has 114 valence electrons. The lowest BCUT2D eigenvalue weighted by atomic mass is 10.1. The molecule has 1 amide bonds. The largest absolute Gasteiger partial charge is 0.352 e. The fourth-order valence-corrected chi connectivity index (χ4v) is 3.42. The minimum absolute atomic E-state index is 0.167. The summed E-state index contributed by atoms with van der Waals surface area (Å²) in [5, 5.41) is 6.59. The summed E-state index contributed by atoms with van der Waals surface area (Å²) in [6, 6.07) is 11.5. The second kappa shape index (κ2) is 7.08. The van der Waals surface area contributed by atoms with E-state index in [1.165, 1.54) is 31.2 Å². The summed E-state index contributed by atoms with van der Waals surface area (Å²) in [5.74, 6) is 0.762. The molecule has 2 aliphatic rings. The number of amides is 1. The summed E-state index contributed by atoms with van der Waals surface area (Å²) >= 11 is 0. The van der Waals surface area contributed by atoms with Crippen molar-refractivity contribution < 1.29 is 4.79 Å². The highest BCUT2D eigenvalue weighted by Gasteiger charge is 2.37. The van der Waals surface area contributed by atoms with Crippen LogP contribution in [0.25, 0.3) is 0 Å². The number of carbonyl (C=O) groups excluding carboxylic acids is 1. The van der Waals surface area contributed by atoms with E-state index in [2.05, 4.69) is 41.0 Å². The van der Waals surface area contributed by atoms with Gasteiger partial charge < -0.3 is 10.6 Å². The van der Waals surface area contributed by atoms with Crippen LogP contribution in [0.2, 0.25) is 0 Å². The first-order chi connectivity index (χ1) is 10.3. The Morgan fingerprint density at radius 2 is 1.76 bits per heavy atom. The van der Waals surface area contributed by atoms with Gasteiger partial charge in [-0.05, 0) is 24.8 Å². The van der Waals surface area contributed by atoms with E-state index in [1.54, 1.807) is 0 Å². The van der Waals surface area contributed by atoms with Gasteiger partial charge in [-0.25, -0.2) is 0 Å². The van der Waals surface area contributed by atoms with Crippen LogP contribution in [-0.2, 0) is 4.79 Å². The quantitative estimate of drug-likeness (QED) is 0.817. The Morgan fingerprint density at radius 1 is 1.05 bits per heavy atom. The number of hydrogen-bond acceptors (Lipinski definition) is 2. The summed E-state index contributed by atoms with van der Waals surface area (Å²) in [6.07, 6.45) is 8.63. The lowest BCUT2D eigenvalue weighted by molar-refractivity contribution is -0.121. The molecule has 0 bridgehead atoms. The van der Waals surface area contributed by atoms with E-state index < -0.39 is 0 Å². The predicted molar refractivity (Wildman–Crippen MR) is 85.2 cm³/mol. The first-order valence-electron chi connectivity index (χ1n) is 8.40. The van der Waals surface area contributed by atoms with Crippen LogP contribution in [0.5, 0.6) is 0 Å². The first kappa shape index (κ1) is 14.6. The van der Waals surface area contributed by atoms with Crippen LogP contribution in [0.3, 0.4) is 0 Å². The molecule has 0 aromatic heterocycles. The standard InChI is InChI=1S/C18H26N2O/c21-18(20-15-10-6-1-2-7-11-15)13-19-17-12-16(17)14-8-4-3-5-9-14/h3-5,8-9,15-17,19H,1-2,6-7,10-13H2,(H,20,21). The molecular weight excluding hydrogens is 260 g/mol. The maximum Gasteiger partial charge on any atom is 0.234 e. The van der Waals surface area contributed by atoms with Crippen molar-refractivity contribution in [1.82, 2.24) is 10.6 Å². The molecule has 1 aromatic rings. The molecule has 0 radical (unpaired) electrons. The van der Waals surface area contributed by atoms with Gasteiger partial charge in [-0.2, -0.15) is 0 Å². The van der Waals surface area contributed by atoms with Gasteiger partial charge in [0.2, 0.25) is 5.91 Å². The van der Waals surface area contributed by atoms with Crippen LogP contribution < -0.4 is 10.6 Å². The zero-order chi connectivity index (χ0) is 14.5. The Bertz CT molecular complexity index is 452. The zero-order valence-corrected chi connectivity index (χ0v) is 12.7. The molecule has 2 atom stereocenters. The van der Waals surface area contributed by atoms with Crippen LogP contribution in [0.15, 0.2) is 30.3 Å². The number of hydrogen-bond donors (Lipinski definition) is 2. The number of benzene rings is 1. The van der Waals surface area contributed by atoms with Crippen molar-refractivity contribution in [3.05, 3.63) is 35.9 Å². The van der Waals surface area contributed by atoms with Gasteiger partial charge in [0.25, 0.3) is 0 Å².